The maximum atomic E-state index is 12.4. The van der Waals surface area contributed by atoms with Gasteiger partial charge in [0.1, 0.15) is 0 Å². The first kappa shape index (κ1) is 13.9. The van der Waals surface area contributed by atoms with Gasteiger partial charge >= 0.3 is 0 Å². The lowest BCUT2D eigenvalue weighted by molar-refractivity contribution is -0.129. The fourth-order valence-corrected chi connectivity index (χ4v) is 2.17. The standard InChI is InChI=1S/C14H18F2N2O/c15-14(16)12-5-3-11(4-6-12)9-17-10-13(19)18-7-1-2-8-18/h3-6,14,17H,1-2,7-10H2. The predicted octanol–water partition coefficient (Wildman–Crippen LogP) is 2.34. The fourth-order valence-electron chi connectivity index (χ4n) is 2.17. The minimum Gasteiger partial charge on any atom is -0.342 e. The van der Waals surface area contributed by atoms with Gasteiger partial charge in [-0.05, 0) is 18.4 Å². The Bertz CT molecular complexity index is 414. The zero-order valence-corrected chi connectivity index (χ0v) is 10.7. The van der Waals surface area contributed by atoms with E-state index in [0.717, 1.165) is 31.5 Å². The second kappa shape index (κ2) is 6.61. The van der Waals surface area contributed by atoms with E-state index in [1.54, 1.807) is 12.1 Å². The van der Waals surface area contributed by atoms with Gasteiger partial charge in [-0.25, -0.2) is 8.78 Å². The maximum absolute atomic E-state index is 12.4. The normalized spacial score (nSPS) is 15.2. The van der Waals surface area contributed by atoms with Crippen molar-refractivity contribution in [3.63, 3.8) is 0 Å². The third-order valence-corrected chi connectivity index (χ3v) is 3.30. The van der Waals surface area contributed by atoms with Crippen molar-refractivity contribution in [2.75, 3.05) is 19.6 Å². The summed E-state index contributed by atoms with van der Waals surface area (Å²) in [6, 6.07) is 6.16. The summed E-state index contributed by atoms with van der Waals surface area (Å²) < 4.78 is 24.7. The van der Waals surface area contributed by atoms with Crippen molar-refractivity contribution in [3.8, 4) is 0 Å². The van der Waals surface area contributed by atoms with Crippen LogP contribution in [0.15, 0.2) is 24.3 Å². The molecule has 0 radical (unpaired) electrons. The average Bonchev–Trinajstić information content (AvgIpc) is 2.93. The molecule has 0 spiro atoms. The fraction of sp³-hybridized carbons (Fsp3) is 0.500. The predicted molar refractivity (Wildman–Crippen MR) is 68.9 cm³/mol. The van der Waals surface area contributed by atoms with Crippen LogP contribution in [0.3, 0.4) is 0 Å². The van der Waals surface area contributed by atoms with Gasteiger partial charge in [0, 0.05) is 25.2 Å². The maximum Gasteiger partial charge on any atom is 0.263 e. The number of alkyl halides is 2. The first-order valence-corrected chi connectivity index (χ1v) is 6.52. The van der Waals surface area contributed by atoms with Gasteiger partial charge in [0.15, 0.2) is 0 Å². The SMILES string of the molecule is O=C(CNCc1ccc(C(F)F)cc1)N1CCCC1. The molecule has 1 aromatic carbocycles. The van der Waals surface area contributed by atoms with Crippen molar-refractivity contribution in [1.29, 1.82) is 0 Å². The van der Waals surface area contributed by atoms with Crippen LogP contribution in [0, 0.1) is 0 Å². The highest BCUT2D eigenvalue weighted by Crippen LogP contribution is 2.18. The highest BCUT2D eigenvalue weighted by Gasteiger charge is 2.16. The number of carbonyl (C=O) groups is 1. The lowest BCUT2D eigenvalue weighted by Crippen LogP contribution is -2.35. The first-order valence-electron chi connectivity index (χ1n) is 6.52. The van der Waals surface area contributed by atoms with Gasteiger partial charge in [0.2, 0.25) is 5.91 Å². The summed E-state index contributed by atoms with van der Waals surface area (Å²) >= 11 is 0. The van der Waals surface area contributed by atoms with Crippen LogP contribution < -0.4 is 5.32 Å². The molecular weight excluding hydrogens is 250 g/mol. The van der Waals surface area contributed by atoms with Gasteiger partial charge in [-0.2, -0.15) is 0 Å². The number of nitrogens with one attached hydrogen (secondary N) is 1. The summed E-state index contributed by atoms with van der Waals surface area (Å²) in [5, 5.41) is 3.05. The van der Waals surface area contributed by atoms with E-state index < -0.39 is 6.43 Å². The minimum atomic E-state index is -2.43. The number of nitrogens with zero attached hydrogens (tertiary/aromatic N) is 1. The van der Waals surface area contributed by atoms with Crippen LogP contribution in [0.1, 0.15) is 30.4 Å². The van der Waals surface area contributed by atoms with Crippen molar-refractivity contribution in [1.82, 2.24) is 10.2 Å². The lowest BCUT2D eigenvalue weighted by atomic mass is 10.1. The third-order valence-electron chi connectivity index (χ3n) is 3.30. The monoisotopic (exact) mass is 268 g/mol. The van der Waals surface area contributed by atoms with E-state index in [2.05, 4.69) is 5.32 Å². The van der Waals surface area contributed by atoms with Crippen LogP contribution in [0.4, 0.5) is 8.78 Å². The number of likely N-dealkylation sites (tertiary alicyclic amines) is 1. The van der Waals surface area contributed by atoms with Gasteiger partial charge in [0.25, 0.3) is 6.43 Å². The third kappa shape index (κ3) is 3.99. The molecule has 0 aliphatic carbocycles. The molecule has 3 nitrogen and oxygen atoms in total. The van der Waals surface area contributed by atoms with Gasteiger partial charge < -0.3 is 10.2 Å². The second-order valence-electron chi connectivity index (χ2n) is 4.73. The summed E-state index contributed by atoms with van der Waals surface area (Å²) in [5.74, 6) is 0.113. The van der Waals surface area contributed by atoms with E-state index in [1.807, 2.05) is 4.90 Å². The molecule has 1 N–H and O–H groups in total. The molecule has 1 aliphatic heterocycles. The molecule has 0 saturated carbocycles. The Morgan fingerprint density at radius 2 is 1.84 bits per heavy atom. The molecule has 0 aromatic heterocycles. The molecule has 19 heavy (non-hydrogen) atoms. The zero-order valence-electron chi connectivity index (χ0n) is 10.7. The number of rotatable bonds is 5. The quantitative estimate of drug-likeness (QED) is 0.889. The summed E-state index contributed by atoms with van der Waals surface area (Å²) in [5.41, 5.74) is 0.926. The summed E-state index contributed by atoms with van der Waals surface area (Å²) in [6.07, 6.45) is -0.263. The van der Waals surface area contributed by atoms with Crippen LogP contribution in [0.25, 0.3) is 0 Å². The Labute approximate surface area is 111 Å². The van der Waals surface area contributed by atoms with E-state index in [4.69, 9.17) is 0 Å². The Hall–Kier alpha value is -1.49. The Morgan fingerprint density at radius 1 is 1.21 bits per heavy atom. The smallest absolute Gasteiger partial charge is 0.263 e. The molecule has 1 aromatic rings. The summed E-state index contributed by atoms with van der Waals surface area (Å²) in [4.78, 5) is 13.6. The second-order valence-corrected chi connectivity index (χ2v) is 4.73. The van der Waals surface area contributed by atoms with Gasteiger partial charge in [0.05, 0.1) is 6.54 Å². The number of benzene rings is 1. The summed E-state index contributed by atoms with van der Waals surface area (Å²) in [7, 11) is 0. The molecule has 0 bridgehead atoms. The van der Waals surface area contributed by atoms with Crippen LogP contribution in [-0.2, 0) is 11.3 Å². The van der Waals surface area contributed by atoms with E-state index in [-0.39, 0.29) is 11.5 Å². The van der Waals surface area contributed by atoms with Crippen LogP contribution in [0.2, 0.25) is 0 Å². The largest absolute Gasteiger partial charge is 0.342 e. The van der Waals surface area contributed by atoms with Crippen molar-refractivity contribution < 1.29 is 13.6 Å². The molecule has 1 saturated heterocycles. The first-order chi connectivity index (χ1) is 9.16. The van der Waals surface area contributed by atoms with Crippen LogP contribution in [0.5, 0.6) is 0 Å². The number of hydrogen-bond acceptors (Lipinski definition) is 2. The van der Waals surface area contributed by atoms with E-state index in [0.29, 0.717) is 13.1 Å². The Balaban J connectivity index is 1.74. The van der Waals surface area contributed by atoms with Crippen molar-refractivity contribution in [2.45, 2.75) is 25.8 Å². The number of amides is 1. The van der Waals surface area contributed by atoms with Crippen molar-refractivity contribution in [2.24, 2.45) is 0 Å². The average molecular weight is 268 g/mol. The molecule has 0 atom stereocenters. The molecule has 1 fully saturated rings. The van der Waals surface area contributed by atoms with Crippen LogP contribution >= 0.6 is 0 Å². The molecule has 1 heterocycles. The highest BCUT2D eigenvalue weighted by molar-refractivity contribution is 5.78. The number of hydrogen-bond donors (Lipinski definition) is 1. The van der Waals surface area contributed by atoms with E-state index in [1.165, 1.54) is 12.1 Å². The Kier molecular flexibility index (Phi) is 4.85. The topological polar surface area (TPSA) is 32.3 Å². The molecule has 5 heteroatoms. The van der Waals surface area contributed by atoms with Crippen molar-refractivity contribution >= 4 is 5.91 Å². The summed E-state index contributed by atoms with van der Waals surface area (Å²) in [6.45, 7) is 2.52. The molecule has 1 amide bonds. The highest BCUT2D eigenvalue weighted by atomic mass is 19.3. The van der Waals surface area contributed by atoms with E-state index >= 15 is 0 Å². The number of halogens is 2. The van der Waals surface area contributed by atoms with Crippen molar-refractivity contribution in [3.05, 3.63) is 35.4 Å². The number of carbonyl (C=O) groups excluding carboxylic acids is 1. The van der Waals surface area contributed by atoms with Gasteiger partial charge in [-0.15, -0.1) is 0 Å². The zero-order chi connectivity index (χ0) is 13.7. The molecule has 1 aliphatic rings. The molecule has 0 unspecified atom stereocenters. The van der Waals surface area contributed by atoms with Crippen LogP contribution in [-0.4, -0.2) is 30.4 Å². The van der Waals surface area contributed by atoms with E-state index in [9.17, 15) is 13.6 Å². The van der Waals surface area contributed by atoms with Gasteiger partial charge in [-0.1, -0.05) is 24.3 Å². The van der Waals surface area contributed by atoms with Gasteiger partial charge in [-0.3, -0.25) is 4.79 Å². The Morgan fingerprint density at radius 3 is 2.42 bits per heavy atom. The minimum absolute atomic E-state index is 0.0249. The molecule has 104 valence electrons. The molecular formula is C14H18F2N2O. The molecule has 2 rings (SSSR count). The lowest BCUT2D eigenvalue weighted by Gasteiger charge is -2.15.